The van der Waals surface area contributed by atoms with Gasteiger partial charge in [-0.05, 0) is 43.3 Å². The van der Waals surface area contributed by atoms with Crippen molar-refractivity contribution in [3.8, 4) is 17.1 Å². The van der Waals surface area contributed by atoms with Crippen molar-refractivity contribution in [2.24, 2.45) is 0 Å². The van der Waals surface area contributed by atoms with E-state index in [1.54, 1.807) is 42.4 Å². The summed E-state index contributed by atoms with van der Waals surface area (Å²) in [5.74, 6) is 0.421. The Balaban J connectivity index is 1.62. The van der Waals surface area contributed by atoms with Crippen LogP contribution in [-0.4, -0.2) is 25.7 Å². The number of pyridine rings is 1. The highest BCUT2D eigenvalue weighted by molar-refractivity contribution is 6.06. The van der Waals surface area contributed by atoms with Gasteiger partial charge in [0.15, 0.2) is 5.76 Å². The van der Waals surface area contributed by atoms with E-state index in [4.69, 9.17) is 4.42 Å². The van der Waals surface area contributed by atoms with Crippen LogP contribution in [-0.2, 0) is 0 Å². The predicted molar refractivity (Wildman–Crippen MR) is 96.0 cm³/mol. The van der Waals surface area contributed by atoms with Crippen molar-refractivity contribution in [2.75, 3.05) is 5.32 Å². The molecule has 7 nitrogen and oxygen atoms in total. The monoisotopic (exact) mass is 345 g/mol. The number of nitrogens with one attached hydrogen (secondary N) is 1. The SMILES string of the molecule is Cc1nc(-c2ccco2)ccc1C(=O)Nc1ccccc1-n1cncn1. The number of carbonyl (C=O) groups excluding carboxylic acids is 1. The Kier molecular flexibility index (Phi) is 4.03. The van der Waals surface area contributed by atoms with E-state index in [1.165, 1.54) is 6.33 Å². The first-order valence-electron chi connectivity index (χ1n) is 7.99. The average Bonchev–Trinajstić information content (AvgIpc) is 3.36. The van der Waals surface area contributed by atoms with Crippen LogP contribution in [0, 0.1) is 6.92 Å². The molecule has 1 amide bonds. The molecule has 0 fully saturated rings. The van der Waals surface area contributed by atoms with Gasteiger partial charge in [-0.25, -0.2) is 14.6 Å². The largest absolute Gasteiger partial charge is 0.463 e. The lowest BCUT2D eigenvalue weighted by Gasteiger charge is -2.12. The van der Waals surface area contributed by atoms with Gasteiger partial charge in [-0.1, -0.05) is 12.1 Å². The van der Waals surface area contributed by atoms with Crippen molar-refractivity contribution in [2.45, 2.75) is 6.92 Å². The van der Waals surface area contributed by atoms with E-state index in [0.717, 1.165) is 5.69 Å². The molecular formula is C19H15N5O2. The lowest BCUT2D eigenvalue weighted by Crippen LogP contribution is -2.16. The van der Waals surface area contributed by atoms with Gasteiger partial charge in [0.05, 0.1) is 28.9 Å². The second kappa shape index (κ2) is 6.64. The molecule has 0 radical (unpaired) electrons. The highest BCUT2D eigenvalue weighted by Gasteiger charge is 2.14. The van der Waals surface area contributed by atoms with Crippen molar-refractivity contribution >= 4 is 11.6 Å². The molecule has 26 heavy (non-hydrogen) atoms. The van der Waals surface area contributed by atoms with Crippen molar-refractivity contribution in [3.63, 3.8) is 0 Å². The molecule has 7 heteroatoms. The number of aromatic nitrogens is 4. The van der Waals surface area contributed by atoms with Gasteiger partial charge >= 0.3 is 0 Å². The molecule has 0 aliphatic rings. The van der Waals surface area contributed by atoms with Crippen molar-refractivity contribution in [1.29, 1.82) is 0 Å². The van der Waals surface area contributed by atoms with Gasteiger partial charge in [-0.15, -0.1) is 0 Å². The van der Waals surface area contributed by atoms with Crippen molar-refractivity contribution in [1.82, 2.24) is 19.7 Å². The van der Waals surface area contributed by atoms with Gasteiger partial charge in [0.2, 0.25) is 0 Å². The number of nitrogens with zero attached hydrogens (tertiary/aromatic N) is 4. The van der Waals surface area contributed by atoms with Gasteiger partial charge in [0.25, 0.3) is 5.91 Å². The average molecular weight is 345 g/mol. The molecule has 0 aliphatic carbocycles. The lowest BCUT2D eigenvalue weighted by molar-refractivity contribution is 0.102. The first-order chi connectivity index (χ1) is 12.7. The Morgan fingerprint density at radius 1 is 1.12 bits per heavy atom. The number of carbonyl (C=O) groups is 1. The number of para-hydroxylation sites is 2. The first kappa shape index (κ1) is 15.8. The summed E-state index contributed by atoms with van der Waals surface area (Å²) in [5, 5.41) is 7.04. The summed E-state index contributed by atoms with van der Waals surface area (Å²) in [6.45, 7) is 1.80. The van der Waals surface area contributed by atoms with E-state index in [0.29, 0.717) is 28.4 Å². The molecule has 3 heterocycles. The molecule has 0 unspecified atom stereocenters. The second-order valence-electron chi connectivity index (χ2n) is 5.62. The first-order valence-corrected chi connectivity index (χ1v) is 7.99. The molecule has 128 valence electrons. The van der Waals surface area contributed by atoms with Crippen LogP contribution >= 0.6 is 0 Å². The Morgan fingerprint density at radius 3 is 2.73 bits per heavy atom. The van der Waals surface area contributed by atoms with Crippen LogP contribution in [0.3, 0.4) is 0 Å². The molecule has 0 atom stereocenters. The van der Waals surface area contributed by atoms with Crippen LogP contribution in [0.25, 0.3) is 17.1 Å². The number of hydrogen-bond acceptors (Lipinski definition) is 5. The van der Waals surface area contributed by atoms with Crippen molar-refractivity contribution in [3.05, 3.63) is 78.7 Å². The van der Waals surface area contributed by atoms with Gasteiger partial charge in [-0.2, -0.15) is 5.10 Å². The molecule has 1 aromatic carbocycles. The van der Waals surface area contributed by atoms with E-state index in [-0.39, 0.29) is 5.91 Å². The minimum Gasteiger partial charge on any atom is -0.463 e. The maximum absolute atomic E-state index is 12.7. The van der Waals surface area contributed by atoms with Crippen LogP contribution in [0.5, 0.6) is 0 Å². The van der Waals surface area contributed by atoms with Crippen LogP contribution in [0.2, 0.25) is 0 Å². The topological polar surface area (TPSA) is 85.8 Å². The van der Waals surface area contributed by atoms with Crippen LogP contribution in [0.15, 0.2) is 71.9 Å². The molecule has 1 N–H and O–H groups in total. The number of furan rings is 1. The van der Waals surface area contributed by atoms with Crippen LogP contribution < -0.4 is 5.32 Å². The summed E-state index contributed by atoms with van der Waals surface area (Å²) < 4.78 is 6.95. The zero-order valence-corrected chi connectivity index (χ0v) is 14.0. The fraction of sp³-hybridized carbons (Fsp3) is 0.0526. The highest BCUT2D eigenvalue weighted by atomic mass is 16.3. The molecule has 4 rings (SSSR count). The number of hydrogen-bond donors (Lipinski definition) is 1. The predicted octanol–water partition coefficient (Wildman–Crippen LogP) is 3.48. The summed E-state index contributed by atoms with van der Waals surface area (Å²) in [6, 6.07) is 14.5. The number of aryl methyl sites for hydroxylation is 1. The number of benzene rings is 1. The van der Waals surface area contributed by atoms with E-state index in [9.17, 15) is 4.79 Å². The third-order valence-corrected chi connectivity index (χ3v) is 3.92. The summed E-state index contributed by atoms with van der Waals surface area (Å²) in [6.07, 6.45) is 4.62. The van der Waals surface area contributed by atoms with Crippen LogP contribution in [0.1, 0.15) is 16.1 Å². The summed E-state index contributed by atoms with van der Waals surface area (Å²) in [7, 11) is 0. The van der Waals surface area contributed by atoms with Gasteiger partial charge in [-0.3, -0.25) is 4.79 Å². The number of anilines is 1. The Hall–Kier alpha value is -3.74. The van der Waals surface area contributed by atoms with Gasteiger partial charge < -0.3 is 9.73 Å². The smallest absolute Gasteiger partial charge is 0.257 e. The lowest BCUT2D eigenvalue weighted by atomic mass is 10.1. The Labute approximate surface area is 149 Å². The zero-order chi connectivity index (χ0) is 17.9. The molecule has 0 aliphatic heterocycles. The highest BCUT2D eigenvalue weighted by Crippen LogP contribution is 2.22. The molecular weight excluding hydrogens is 330 g/mol. The van der Waals surface area contributed by atoms with E-state index >= 15 is 0 Å². The number of rotatable bonds is 4. The Morgan fingerprint density at radius 2 is 2.00 bits per heavy atom. The van der Waals surface area contributed by atoms with E-state index in [2.05, 4.69) is 20.4 Å². The second-order valence-corrected chi connectivity index (χ2v) is 5.62. The van der Waals surface area contributed by atoms with Crippen LogP contribution in [0.4, 0.5) is 5.69 Å². The maximum Gasteiger partial charge on any atom is 0.257 e. The molecule has 0 saturated carbocycles. The third kappa shape index (κ3) is 2.98. The van der Waals surface area contributed by atoms with Gasteiger partial charge in [0, 0.05) is 0 Å². The fourth-order valence-electron chi connectivity index (χ4n) is 2.66. The summed E-state index contributed by atoms with van der Waals surface area (Å²) in [4.78, 5) is 21.1. The third-order valence-electron chi connectivity index (χ3n) is 3.92. The molecule has 0 spiro atoms. The molecule has 4 aromatic rings. The van der Waals surface area contributed by atoms with Gasteiger partial charge in [0.1, 0.15) is 18.3 Å². The van der Waals surface area contributed by atoms with Crippen molar-refractivity contribution < 1.29 is 9.21 Å². The van der Waals surface area contributed by atoms with E-state index in [1.807, 2.05) is 30.3 Å². The summed E-state index contributed by atoms with van der Waals surface area (Å²) in [5.41, 5.74) is 3.17. The normalized spacial score (nSPS) is 10.7. The van der Waals surface area contributed by atoms with E-state index < -0.39 is 0 Å². The maximum atomic E-state index is 12.7. The summed E-state index contributed by atoms with van der Waals surface area (Å²) >= 11 is 0. The molecule has 3 aromatic heterocycles. The zero-order valence-electron chi connectivity index (χ0n) is 14.0. The quantitative estimate of drug-likeness (QED) is 0.612. The number of amides is 1. The molecule has 0 saturated heterocycles. The molecule has 0 bridgehead atoms. The fourth-order valence-corrected chi connectivity index (χ4v) is 2.66. The minimum absolute atomic E-state index is 0.242. The Bertz CT molecular complexity index is 1040. The minimum atomic E-state index is -0.242. The standard InChI is InChI=1S/C19H15N5O2/c1-13-14(8-9-16(22-13)18-7-4-10-26-18)19(25)23-15-5-2-3-6-17(15)24-12-20-11-21-24/h2-12H,1H3,(H,23,25).